The molecule has 0 aliphatic carbocycles. The molecule has 0 aromatic heterocycles. The molecule has 0 bridgehead atoms. The lowest BCUT2D eigenvalue weighted by Crippen LogP contribution is -2.33. The fourth-order valence-corrected chi connectivity index (χ4v) is 0.571. The third-order valence-corrected chi connectivity index (χ3v) is 1.20. The highest BCUT2D eigenvalue weighted by molar-refractivity contribution is 5.75. The van der Waals surface area contributed by atoms with E-state index in [-0.39, 0.29) is 6.42 Å². The maximum atomic E-state index is 11.4. The Morgan fingerprint density at radius 1 is 1.54 bits per heavy atom. The number of nitrogens with two attached hydrogens (primary N) is 1. The van der Waals surface area contributed by atoms with Crippen molar-refractivity contribution in [2.24, 2.45) is 5.73 Å². The topological polar surface area (TPSA) is 61.5 Å². The van der Waals surface area contributed by atoms with E-state index in [1.807, 2.05) is 0 Å². The minimum atomic E-state index is -4.68. The van der Waals surface area contributed by atoms with Crippen LogP contribution >= 0.6 is 0 Å². The molecule has 0 radical (unpaired) electrons. The quantitative estimate of drug-likeness (QED) is 0.669. The molecular formula is C6H10F3NO3. The Morgan fingerprint density at radius 3 is 2.46 bits per heavy atom. The zero-order valence-corrected chi connectivity index (χ0v) is 6.93. The molecule has 1 atom stereocenters. The Kier molecular flexibility index (Phi) is 4.71. The molecule has 0 aromatic rings. The van der Waals surface area contributed by atoms with E-state index in [1.54, 1.807) is 0 Å². The van der Waals surface area contributed by atoms with E-state index in [2.05, 4.69) is 9.47 Å². The van der Waals surface area contributed by atoms with Crippen LogP contribution in [-0.4, -0.2) is 32.1 Å². The van der Waals surface area contributed by atoms with Crippen LogP contribution in [0.3, 0.4) is 0 Å². The zero-order valence-electron chi connectivity index (χ0n) is 6.93. The highest BCUT2D eigenvalue weighted by Gasteiger charge is 2.29. The number of alkyl halides is 3. The van der Waals surface area contributed by atoms with Crippen molar-refractivity contribution in [3.05, 3.63) is 0 Å². The molecule has 0 amide bonds. The van der Waals surface area contributed by atoms with E-state index in [0.717, 1.165) is 7.11 Å². The van der Waals surface area contributed by atoms with Crippen molar-refractivity contribution < 1.29 is 27.4 Å². The largest absolute Gasteiger partial charge is 0.522 e. The lowest BCUT2D eigenvalue weighted by atomic mass is 10.2. The van der Waals surface area contributed by atoms with Crippen LogP contribution in [0.5, 0.6) is 0 Å². The van der Waals surface area contributed by atoms with Gasteiger partial charge in [0.15, 0.2) is 0 Å². The summed E-state index contributed by atoms with van der Waals surface area (Å²) in [7, 11) is 1.10. The minimum absolute atomic E-state index is 0.230. The minimum Gasteiger partial charge on any atom is -0.468 e. The normalized spacial score (nSPS) is 13.9. The van der Waals surface area contributed by atoms with Gasteiger partial charge in [-0.2, -0.15) is 0 Å². The first-order chi connectivity index (χ1) is 5.87. The summed E-state index contributed by atoms with van der Waals surface area (Å²) in [6.07, 6.45) is -4.91. The highest BCUT2D eigenvalue weighted by atomic mass is 19.4. The molecule has 78 valence electrons. The fraction of sp³-hybridized carbons (Fsp3) is 0.833. The number of carbonyl (C=O) groups is 1. The van der Waals surface area contributed by atoms with Crippen molar-refractivity contribution in [2.45, 2.75) is 18.8 Å². The number of ether oxygens (including phenoxy) is 2. The maximum absolute atomic E-state index is 11.4. The van der Waals surface area contributed by atoms with Gasteiger partial charge in [0, 0.05) is 0 Å². The summed E-state index contributed by atoms with van der Waals surface area (Å²) in [4.78, 5) is 10.6. The van der Waals surface area contributed by atoms with E-state index >= 15 is 0 Å². The number of methoxy groups -OCH3 is 1. The Morgan fingerprint density at radius 2 is 2.08 bits per heavy atom. The molecule has 0 saturated carbocycles. The zero-order chi connectivity index (χ0) is 10.5. The SMILES string of the molecule is COC(=O)C(N)CCOC(F)(F)F. The highest BCUT2D eigenvalue weighted by Crippen LogP contribution is 2.16. The second kappa shape index (κ2) is 5.03. The second-order valence-corrected chi connectivity index (χ2v) is 2.21. The van der Waals surface area contributed by atoms with Crippen molar-refractivity contribution in [2.75, 3.05) is 13.7 Å². The van der Waals surface area contributed by atoms with Crippen LogP contribution in [0.15, 0.2) is 0 Å². The van der Waals surface area contributed by atoms with Crippen LogP contribution in [0.4, 0.5) is 13.2 Å². The van der Waals surface area contributed by atoms with Gasteiger partial charge in [0.25, 0.3) is 0 Å². The van der Waals surface area contributed by atoms with Crippen molar-refractivity contribution in [1.29, 1.82) is 0 Å². The van der Waals surface area contributed by atoms with Gasteiger partial charge in [-0.3, -0.25) is 9.53 Å². The van der Waals surface area contributed by atoms with Gasteiger partial charge in [0.1, 0.15) is 6.04 Å². The number of rotatable bonds is 4. The van der Waals surface area contributed by atoms with E-state index in [9.17, 15) is 18.0 Å². The summed E-state index contributed by atoms with van der Waals surface area (Å²) >= 11 is 0. The first-order valence-electron chi connectivity index (χ1n) is 3.41. The first-order valence-corrected chi connectivity index (χ1v) is 3.41. The molecule has 0 aliphatic rings. The van der Waals surface area contributed by atoms with Crippen LogP contribution in [-0.2, 0) is 14.3 Å². The lowest BCUT2D eigenvalue weighted by Gasteiger charge is -2.10. The number of halogens is 3. The summed E-state index contributed by atoms with van der Waals surface area (Å²) in [5.74, 6) is -0.759. The molecule has 0 saturated heterocycles. The summed E-state index contributed by atoms with van der Waals surface area (Å²) in [6.45, 7) is -0.653. The Balaban J connectivity index is 3.59. The standard InChI is InChI=1S/C6H10F3NO3/c1-12-5(11)4(10)2-3-13-6(7,8)9/h4H,2-3,10H2,1H3. The summed E-state index contributed by atoms with van der Waals surface area (Å²) in [5, 5.41) is 0. The molecule has 0 aromatic carbocycles. The monoisotopic (exact) mass is 201 g/mol. The summed E-state index contributed by atoms with van der Waals surface area (Å²) in [6, 6.07) is -1.08. The average molecular weight is 201 g/mol. The maximum Gasteiger partial charge on any atom is 0.522 e. The molecule has 0 heterocycles. The third-order valence-electron chi connectivity index (χ3n) is 1.20. The molecule has 7 heteroatoms. The Labute approximate surface area is 72.8 Å². The van der Waals surface area contributed by atoms with Crippen molar-refractivity contribution in [3.8, 4) is 0 Å². The number of hydrogen-bond donors (Lipinski definition) is 1. The molecule has 0 fully saturated rings. The van der Waals surface area contributed by atoms with Crippen LogP contribution in [0.2, 0.25) is 0 Å². The van der Waals surface area contributed by atoms with Crippen LogP contribution in [0.25, 0.3) is 0 Å². The Bertz CT molecular complexity index is 171. The molecule has 0 rings (SSSR count). The van der Waals surface area contributed by atoms with Crippen molar-refractivity contribution in [1.82, 2.24) is 0 Å². The van der Waals surface area contributed by atoms with Gasteiger partial charge >= 0.3 is 12.3 Å². The first kappa shape index (κ1) is 12.2. The van der Waals surface area contributed by atoms with Crippen LogP contribution < -0.4 is 5.73 Å². The van der Waals surface area contributed by atoms with E-state index in [1.165, 1.54) is 0 Å². The van der Waals surface area contributed by atoms with Crippen LogP contribution in [0, 0.1) is 0 Å². The number of hydrogen-bond acceptors (Lipinski definition) is 4. The molecule has 0 aliphatic heterocycles. The fourth-order valence-electron chi connectivity index (χ4n) is 0.571. The predicted octanol–water partition coefficient (Wildman–Crippen LogP) is 0.413. The smallest absolute Gasteiger partial charge is 0.468 e. The summed E-state index contributed by atoms with van der Waals surface area (Å²) < 4.78 is 41.8. The number of esters is 1. The Hall–Kier alpha value is -0.820. The van der Waals surface area contributed by atoms with Gasteiger partial charge in [-0.25, -0.2) is 0 Å². The molecule has 1 unspecified atom stereocenters. The van der Waals surface area contributed by atoms with Gasteiger partial charge in [0.2, 0.25) is 0 Å². The van der Waals surface area contributed by atoms with Gasteiger partial charge < -0.3 is 10.5 Å². The van der Waals surface area contributed by atoms with Gasteiger partial charge in [-0.05, 0) is 6.42 Å². The van der Waals surface area contributed by atoms with Crippen molar-refractivity contribution >= 4 is 5.97 Å². The van der Waals surface area contributed by atoms with Crippen molar-refractivity contribution in [3.63, 3.8) is 0 Å². The van der Waals surface area contributed by atoms with E-state index in [0.29, 0.717) is 0 Å². The molecule has 2 N–H and O–H groups in total. The summed E-state index contributed by atoms with van der Waals surface area (Å²) in [5.41, 5.74) is 5.14. The average Bonchev–Trinajstić information content (AvgIpc) is 2.00. The van der Waals surface area contributed by atoms with Gasteiger partial charge in [-0.1, -0.05) is 0 Å². The molecule has 4 nitrogen and oxygen atoms in total. The van der Waals surface area contributed by atoms with E-state index < -0.39 is 25.0 Å². The molecule has 0 spiro atoms. The van der Waals surface area contributed by atoms with Crippen LogP contribution in [0.1, 0.15) is 6.42 Å². The molecule has 13 heavy (non-hydrogen) atoms. The third kappa shape index (κ3) is 6.35. The van der Waals surface area contributed by atoms with E-state index in [4.69, 9.17) is 5.73 Å². The lowest BCUT2D eigenvalue weighted by molar-refractivity contribution is -0.324. The molecular weight excluding hydrogens is 191 g/mol. The predicted molar refractivity (Wildman–Crippen MR) is 36.6 cm³/mol. The van der Waals surface area contributed by atoms with Gasteiger partial charge in [-0.15, -0.1) is 13.2 Å². The number of carbonyl (C=O) groups excluding carboxylic acids is 1. The second-order valence-electron chi connectivity index (χ2n) is 2.21. The van der Waals surface area contributed by atoms with Gasteiger partial charge in [0.05, 0.1) is 13.7 Å².